The van der Waals surface area contributed by atoms with Crippen molar-refractivity contribution in [1.29, 1.82) is 0 Å². The fraction of sp³-hybridized carbons (Fsp3) is 0.188. The predicted molar refractivity (Wildman–Crippen MR) is 74.8 cm³/mol. The number of halogens is 1. The van der Waals surface area contributed by atoms with Crippen molar-refractivity contribution in [3.05, 3.63) is 65.0 Å². The molecule has 5 heteroatoms. The summed E-state index contributed by atoms with van der Waals surface area (Å²) in [5.74, 6) is -0.277. The first kappa shape index (κ1) is 13.4. The Morgan fingerprint density at radius 1 is 1.19 bits per heavy atom. The number of nitrogens with zero attached hydrogens (tertiary/aromatic N) is 1. The van der Waals surface area contributed by atoms with Gasteiger partial charge in [-0.05, 0) is 47.4 Å². The van der Waals surface area contributed by atoms with Crippen LogP contribution >= 0.6 is 0 Å². The molecule has 21 heavy (non-hydrogen) atoms. The van der Waals surface area contributed by atoms with Crippen LogP contribution in [0.3, 0.4) is 0 Å². The van der Waals surface area contributed by atoms with Crippen LogP contribution in [0.4, 0.5) is 9.18 Å². The van der Waals surface area contributed by atoms with E-state index in [1.165, 1.54) is 17.0 Å². The second-order valence-electron chi connectivity index (χ2n) is 5.06. The number of benzene rings is 2. The topological polar surface area (TPSA) is 60.8 Å². The minimum Gasteiger partial charge on any atom is -0.508 e. The van der Waals surface area contributed by atoms with Gasteiger partial charge < -0.3 is 10.2 Å². The van der Waals surface area contributed by atoms with Crippen LogP contribution in [0.25, 0.3) is 0 Å². The minimum atomic E-state index is -1.03. The molecule has 0 aliphatic carbocycles. The molecule has 1 aliphatic rings. The van der Waals surface area contributed by atoms with Crippen LogP contribution in [0.2, 0.25) is 0 Å². The molecule has 1 amide bonds. The van der Waals surface area contributed by atoms with Crippen LogP contribution in [0.5, 0.6) is 5.75 Å². The second-order valence-corrected chi connectivity index (χ2v) is 5.06. The van der Waals surface area contributed by atoms with Gasteiger partial charge >= 0.3 is 6.09 Å². The maximum absolute atomic E-state index is 13.1. The zero-order chi connectivity index (χ0) is 15.0. The van der Waals surface area contributed by atoms with Crippen molar-refractivity contribution in [1.82, 2.24) is 4.90 Å². The van der Waals surface area contributed by atoms with Crippen LogP contribution in [0.1, 0.15) is 22.7 Å². The highest BCUT2D eigenvalue weighted by Gasteiger charge is 2.32. The largest absolute Gasteiger partial charge is 0.508 e. The first-order chi connectivity index (χ1) is 10.1. The Balaban J connectivity index is 2.14. The van der Waals surface area contributed by atoms with Gasteiger partial charge in [0.1, 0.15) is 11.6 Å². The number of rotatable bonds is 1. The van der Waals surface area contributed by atoms with Crippen molar-refractivity contribution in [3.8, 4) is 5.75 Å². The third kappa shape index (κ3) is 2.42. The molecule has 3 rings (SSSR count). The van der Waals surface area contributed by atoms with Gasteiger partial charge in [-0.25, -0.2) is 9.18 Å². The lowest BCUT2D eigenvalue weighted by Gasteiger charge is -2.35. The van der Waals surface area contributed by atoms with Gasteiger partial charge in [0, 0.05) is 6.54 Å². The molecule has 4 nitrogen and oxygen atoms in total. The molecule has 0 aromatic heterocycles. The molecule has 1 atom stereocenters. The van der Waals surface area contributed by atoms with E-state index in [0.29, 0.717) is 18.5 Å². The third-order valence-corrected chi connectivity index (χ3v) is 3.79. The van der Waals surface area contributed by atoms with Crippen LogP contribution in [-0.2, 0) is 6.42 Å². The van der Waals surface area contributed by atoms with Crippen molar-refractivity contribution in [2.24, 2.45) is 0 Å². The van der Waals surface area contributed by atoms with E-state index in [9.17, 15) is 19.4 Å². The average Bonchev–Trinajstić information content (AvgIpc) is 2.47. The summed E-state index contributed by atoms with van der Waals surface area (Å²) >= 11 is 0. The molecule has 0 bridgehead atoms. The van der Waals surface area contributed by atoms with E-state index < -0.39 is 12.1 Å². The molecule has 1 heterocycles. The number of phenols is 1. The van der Waals surface area contributed by atoms with Gasteiger partial charge in [0.15, 0.2) is 0 Å². The van der Waals surface area contributed by atoms with Gasteiger partial charge in [-0.3, -0.25) is 4.90 Å². The third-order valence-electron chi connectivity index (χ3n) is 3.79. The van der Waals surface area contributed by atoms with E-state index in [2.05, 4.69) is 0 Å². The number of fused-ring (bicyclic) bond motifs is 1. The van der Waals surface area contributed by atoms with Crippen LogP contribution in [0.15, 0.2) is 42.5 Å². The Hall–Kier alpha value is -2.56. The van der Waals surface area contributed by atoms with Crippen molar-refractivity contribution < 1.29 is 19.4 Å². The van der Waals surface area contributed by atoms with E-state index in [1.807, 2.05) is 0 Å². The molecule has 0 radical (unpaired) electrons. The van der Waals surface area contributed by atoms with Crippen molar-refractivity contribution in [3.63, 3.8) is 0 Å². The highest BCUT2D eigenvalue weighted by atomic mass is 19.1. The molecule has 2 aromatic rings. The first-order valence-electron chi connectivity index (χ1n) is 6.63. The highest BCUT2D eigenvalue weighted by molar-refractivity contribution is 5.68. The lowest BCUT2D eigenvalue weighted by molar-refractivity contribution is 0.129. The Bertz CT molecular complexity index is 684. The molecule has 0 fully saturated rings. The zero-order valence-corrected chi connectivity index (χ0v) is 11.2. The van der Waals surface area contributed by atoms with Crippen LogP contribution in [0, 0.1) is 5.82 Å². The summed E-state index contributed by atoms with van der Waals surface area (Å²) in [4.78, 5) is 12.8. The lowest BCUT2D eigenvalue weighted by Crippen LogP contribution is -2.39. The minimum absolute atomic E-state index is 0.0908. The summed E-state index contributed by atoms with van der Waals surface area (Å²) in [6, 6.07) is 10.2. The zero-order valence-electron chi connectivity index (χ0n) is 11.2. The number of hydrogen-bond donors (Lipinski definition) is 2. The summed E-state index contributed by atoms with van der Waals surface area (Å²) in [5, 5.41) is 19.1. The molecular weight excluding hydrogens is 273 g/mol. The smallest absolute Gasteiger partial charge is 0.408 e. The lowest BCUT2D eigenvalue weighted by atomic mass is 9.88. The molecule has 1 aliphatic heterocycles. The van der Waals surface area contributed by atoms with Gasteiger partial charge in [0.25, 0.3) is 0 Å². The first-order valence-corrected chi connectivity index (χ1v) is 6.63. The summed E-state index contributed by atoms with van der Waals surface area (Å²) in [7, 11) is 0. The number of aromatic hydroxyl groups is 1. The molecule has 0 saturated heterocycles. The van der Waals surface area contributed by atoms with Crippen molar-refractivity contribution >= 4 is 6.09 Å². The van der Waals surface area contributed by atoms with Gasteiger partial charge in [0.2, 0.25) is 0 Å². The summed E-state index contributed by atoms with van der Waals surface area (Å²) < 4.78 is 13.1. The number of hydrogen-bond acceptors (Lipinski definition) is 2. The monoisotopic (exact) mass is 287 g/mol. The molecule has 2 N–H and O–H groups in total. The fourth-order valence-electron chi connectivity index (χ4n) is 2.81. The van der Waals surface area contributed by atoms with Gasteiger partial charge in [-0.1, -0.05) is 18.2 Å². The summed E-state index contributed by atoms with van der Waals surface area (Å²) in [5.41, 5.74) is 2.43. The van der Waals surface area contributed by atoms with E-state index in [1.54, 1.807) is 30.3 Å². The molecule has 108 valence electrons. The molecular formula is C16H14FNO3. The van der Waals surface area contributed by atoms with Crippen LogP contribution in [-0.4, -0.2) is 27.8 Å². The Labute approximate surface area is 121 Å². The maximum atomic E-state index is 13.1. The molecule has 0 spiro atoms. The second kappa shape index (κ2) is 5.09. The molecule has 0 unspecified atom stereocenters. The molecule has 0 saturated carbocycles. The van der Waals surface area contributed by atoms with E-state index in [0.717, 1.165) is 11.1 Å². The van der Waals surface area contributed by atoms with Crippen molar-refractivity contribution in [2.75, 3.05) is 6.54 Å². The standard InChI is InChI=1S/C16H14FNO3/c17-12-4-1-11(2-5-12)15-14-9-13(19)6-3-10(14)7-8-18(15)16(20)21/h1-6,9,15,19H,7-8H2,(H,20,21)/t15-/m0/s1. The average molecular weight is 287 g/mol. The Morgan fingerprint density at radius 2 is 1.90 bits per heavy atom. The van der Waals surface area contributed by atoms with Gasteiger partial charge in [0.05, 0.1) is 6.04 Å². The van der Waals surface area contributed by atoms with Crippen molar-refractivity contribution in [2.45, 2.75) is 12.5 Å². The summed E-state index contributed by atoms with van der Waals surface area (Å²) in [6.45, 7) is 0.370. The van der Waals surface area contributed by atoms with E-state index >= 15 is 0 Å². The van der Waals surface area contributed by atoms with Gasteiger partial charge in [-0.2, -0.15) is 0 Å². The normalized spacial score (nSPS) is 17.4. The number of carbonyl (C=O) groups is 1. The maximum Gasteiger partial charge on any atom is 0.408 e. The number of amides is 1. The highest BCUT2D eigenvalue weighted by Crippen LogP contribution is 2.36. The SMILES string of the molecule is O=C(O)N1CCc2ccc(O)cc2[C@@H]1c1ccc(F)cc1. The predicted octanol–water partition coefficient (Wildman–Crippen LogP) is 3.16. The molecule has 2 aromatic carbocycles. The summed E-state index contributed by atoms with van der Waals surface area (Å²) in [6.07, 6.45) is -0.433. The fourth-order valence-corrected chi connectivity index (χ4v) is 2.81. The Morgan fingerprint density at radius 3 is 2.57 bits per heavy atom. The quantitative estimate of drug-likeness (QED) is 0.847. The number of carboxylic acid groups (broad SMARTS) is 1. The van der Waals surface area contributed by atoms with E-state index in [-0.39, 0.29) is 11.6 Å². The number of phenolic OH excluding ortho intramolecular Hbond substituents is 1. The van der Waals surface area contributed by atoms with Gasteiger partial charge in [-0.15, -0.1) is 0 Å². The van der Waals surface area contributed by atoms with Crippen LogP contribution < -0.4 is 0 Å². The Kier molecular flexibility index (Phi) is 3.25. The van der Waals surface area contributed by atoms with E-state index in [4.69, 9.17) is 0 Å².